The van der Waals surface area contributed by atoms with Crippen molar-refractivity contribution in [2.24, 2.45) is 11.5 Å². The average Bonchev–Trinajstić information content (AvgIpc) is 3.16. The number of guanidine groups is 1. The van der Waals surface area contributed by atoms with Crippen LogP contribution in [0.2, 0.25) is 0 Å². The van der Waals surface area contributed by atoms with Crippen LogP contribution < -0.4 is 21.3 Å². The molecular formula is C25H34N8. The summed E-state index contributed by atoms with van der Waals surface area (Å²) in [5, 5.41) is 10.3. The Labute approximate surface area is 195 Å². The fourth-order valence-electron chi connectivity index (χ4n) is 5.27. The second-order valence-corrected chi connectivity index (χ2v) is 8.97. The molecule has 0 bridgehead atoms. The number of aryl methyl sites for hydroxylation is 1. The molecule has 2 saturated heterocycles. The predicted molar refractivity (Wildman–Crippen MR) is 138 cm³/mol. The second-order valence-electron chi connectivity index (χ2n) is 8.97. The number of piperazine rings is 2. The summed E-state index contributed by atoms with van der Waals surface area (Å²) in [4.78, 5) is 8.93. The van der Waals surface area contributed by atoms with E-state index in [-0.39, 0.29) is 5.96 Å². The molecule has 174 valence electrons. The third-order valence-electron chi connectivity index (χ3n) is 7.18. The third-order valence-corrected chi connectivity index (χ3v) is 7.18. The van der Waals surface area contributed by atoms with Gasteiger partial charge in [0, 0.05) is 92.1 Å². The molecule has 2 fully saturated rings. The molecule has 8 nitrogen and oxygen atoms in total. The molecule has 1 aromatic heterocycles. The zero-order chi connectivity index (χ0) is 23.1. The molecule has 0 aliphatic carbocycles. The first kappa shape index (κ1) is 21.3. The Hall–Kier alpha value is -3.55. The molecule has 2 aromatic carbocycles. The Morgan fingerprint density at radius 1 is 0.788 bits per heavy atom. The number of nitrogens with two attached hydrogens (primary N) is 2. The lowest BCUT2D eigenvalue weighted by molar-refractivity contribution is 0.319. The second kappa shape index (κ2) is 8.42. The Morgan fingerprint density at radius 2 is 1.24 bits per heavy atom. The van der Waals surface area contributed by atoms with Gasteiger partial charge in [-0.05, 0) is 43.3 Å². The van der Waals surface area contributed by atoms with E-state index in [0.717, 1.165) is 58.9 Å². The minimum absolute atomic E-state index is 0.167. The van der Waals surface area contributed by atoms with Crippen molar-refractivity contribution < 1.29 is 0 Å². The van der Waals surface area contributed by atoms with Crippen molar-refractivity contribution in [3.8, 4) is 0 Å². The van der Waals surface area contributed by atoms with E-state index in [2.05, 4.69) is 69.2 Å². The smallest absolute Gasteiger partial charge is 0.188 e. The van der Waals surface area contributed by atoms with Crippen LogP contribution in [0.25, 0.3) is 21.8 Å². The molecule has 0 amide bonds. The lowest BCUT2D eigenvalue weighted by Gasteiger charge is -2.37. The van der Waals surface area contributed by atoms with Crippen LogP contribution in [0.15, 0.2) is 48.8 Å². The van der Waals surface area contributed by atoms with Gasteiger partial charge >= 0.3 is 0 Å². The maximum atomic E-state index is 7.68. The van der Waals surface area contributed by atoms with Gasteiger partial charge in [0.05, 0.1) is 5.82 Å². The first-order valence-electron chi connectivity index (χ1n) is 11.8. The van der Waals surface area contributed by atoms with Gasteiger partial charge in [0.1, 0.15) is 0 Å². The molecule has 2 aliphatic heterocycles. The van der Waals surface area contributed by atoms with Gasteiger partial charge < -0.3 is 35.6 Å². The quantitative estimate of drug-likeness (QED) is 0.421. The van der Waals surface area contributed by atoms with Crippen LogP contribution in [-0.2, 0) is 6.54 Å². The zero-order valence-corrected chi connectivity index (χ0v) is 19.4. The molecule has 2 aliphatic rings. The van der Waals surface area contributed by atoms with Crippen molar-refractivity contribution in [3.05, 3.63) is 48.8 Å². The van der Waals surface area contributed by atoms with E-state index < -0.39 is 0 Å². The Balaban J connectivity index is 1.48. The minimum Gasteiger partial charge on any atom is -0.386 e. The highest BCUT2D eigenvalue weighted by Gasteiger charge is 2.21. The summed E-state index contributed by atoms with van der Waals surface area (Å²) in [7, 11) is 0. The number of hydrogen-bond donors (Lipinski definition) is 3. The third kappa shape index (κ3) is 3.79. The number of nitrogens with zero attached hydrogens (tertiary/aromatic N) is 5. The van der Waals surface area contributed by atoms with Crippen molar-refractivity contribution in [1.29, 1.82) is 5.41 Å². The lowest BCUT2D eigenvalue weighted by Crippen LogP contribution is -2.50. The lowest BCUT2D eigenvalue weighted by atomic mass is 10.1. The summed E-state index contributed by atoms with van der Waals surface area (Å²) < 4.78 is 2.41. The summed E-state index contributed by atoms with van der Waals surface area (Å²) >= 11 is 0. The molecule has 0 atom stereocenters. The monoisotopic (exact) mass is 446 g/mol. The number of benzene rings is 2. The molecule has 3 heterocycles. The van der Waals surface area contributed by atoms with Crippen molar-refractivity contribution in [2.45, 2.75) is 13.5 Å². The van der Waals surface area contributed by atoms with E-state index in [1.807, 2.05) is 4.90 Å². The summed E-state index contributed by atoms with van der Waals surface area (Å²) in [6.45, 7) is 14.0. The van der Waals surface area contributed by atoms with Crippen LogP contribution in [0.5, 0.6) is 0 Å². The zero-order valence-electron chi connectivity index (χ0n) is 19.4. The van der Waals surface area contributed by atoms with Gasteiger partial charge in [0.15, 0.2) is 5.96 Å². The van der Waals surface area contributed by atoms with Crippen molar-refractivity contribution in [1.82, 2.24) is 14.4 Å². The number of nitrogens with one attached hydrogen (secondary N) is 1. The Bertz CT molecular complexity index is 1100. The molecule has 8 heteroatoms. The normalized spacial score (nSPS) is 17.2. The summed E-state index contributed by atoms with van der Waals surface area (Å²) in [5.41, 5.74) is 16.6. The fraction of sp³-hybridized carbons (Fsp3) is 0.400. The molecule has 0 unspecified atom stereocenters. The largest absolute Gasteiger partial charge is 0.386 e. The number of rotatable bonds is 4. The van der Waals surface area contributed by atoms with Crippen LogP contribution >= 0.6 is 0 Å². The van der Waals surface area contributed by atoms with E-state index in [0.29, 0.717) is 5.82 Å². The van der Waals surface area contributed by atoms with E-state index in [9.17, 15) is 0 Å². The van der Waals surface area contributed by atoms with Crippen LogP contribution in [-0.4, -0.2) is 72.7 Å². The first-order valence-corrected chi connectivity index (χ1v) is 11.8. The van der Waals surface area contributed by atoms with Gasteiger partial charge in [-0.25, -0.2) is 0 Å². The summed E-state index contributed by atoms with van der Waals surface area (Å²) in [6, 6.07) is 13.7. The number of anilines is 2. The minimum atomic E-state index is 0.167. The Morgan fingerprint density at radius 3 is 1.64 bits per heavy atom. The maximum absolute atomic E-state index is 7.68. The standard InChI is InChI=1S/C25H34N8/c1-3-33-23-6-4-19(30-10-8-29(9-11-30)18(2)26)16-21(23)22-17-20(5-7-24(22)33)31-12-14-32(15-13-31)25(27)28/h4-7,16-17H,2-3,8-15,26H2,1H3,(H3,27,28). The highest BCUT2D eigenvalue weighted by Crippen LogP contribution is 2.35. The molecule has 5 rings (SSSR count). The van der Waals surface area contributed by atoms with E-state index in [1.165, 1.54) is 33.2 Å². The summed E-state index contributed by atoms with van der Waals surface area (Å²) in [5.74, 6) is 0.827. The van der Waals surface area contributed by atoms with Crippen molar-refractivity contribution in [3.63, 3.8) is 0 Å². The van der Waals surface area contributed by atoms with Gasteiger partial charge in [-0.2, -0.15) is 0 Å². The topological polar surface area (TPSA) is 93.8 Å². The van der Waals surface area contributed by atoms with Crippen LogP contribution in [0.4, 0.5) is 11.4 Å². The van der Waals surface area contributed by atoms with Crippen LogP contribution in [0.1, 0.15) is 6.92 Å². The number of aromatic nitrogens is 1. The SMILES string of the molecule is C=C(N)N1CCN(c2ccc3c(c2)c2cc(N4CCN(C(=N)N)CC4)ccc2n3CC)CC1. The van der Waals surface area contributed by atoms with Crippen molar-refractivity contribution >= 4 is 39.1 Å². The highest BCUT2D eigenvalue weighted by atomic mass is 15.3. The molecular weight excluding hydrogens is 412 g/mol. The summed E-state index contributed by atoms with van der Waals surface area (Å²) in [6.07, 6.45) is 0. The average molecular weight is 447 g/mol. The molecule has 33 heavy (non-hydrogen) atoms. The van der Waals surface area contributed by atoms with E-state index >= 15 is 0 Å². The van der Waals surface area contributed by atoms with Crippen LogP contribution in [0.3, 0.4) is 0 Å². The molecule has 0 radical (unpaired) electrons. The van der Waals surface area contributed by atoms with Crippen molar-refractivity contribution in [2.75, 3.05) is 62.2 Å². The molecule has 5 N–H and O–H groups in total. The first-order chi connectivity index (χ1) is 16.0. The van der Waals surface area contributed by atoms with Gasteiger partial charge in [-0.15, -0.1) is 0 Å². The van der Waals surface area contributed by atoms with Crippen LogP contribution in [0, 0.1) is 5.41 Å². The van der Waals surface area contributed by atoms with Gasteiger partial charge in [-0.3, -0.25) is 5.41 Å². The molecule has 3 aromatic rings. The highest BCUT2D eigenvalue weighted by molar-refractivity contribution is 6.10. The maximum Gasteiger partial charge on any atom is 0.188 e. The number of fused-ring (bicyclic) bond motifs is 3. The fourth-order valence-corrected chi connectivity index (χ4v) is 5.27. The molecule has 0 saturated carbocycles. The van der Waals surface area contributed by atoms with Gasteiger partial charge in [0.25, 0.3) is 0 Å². The van der Waals surface area contributed by atoms with Gasteiger partial charge in [0.2, 0.25) is 0 Å². The Kier molecular flexibility index (Phi) is 5.44. The van der Waals surface area contributed by atoms with E-state index in [1.54, 1.807) is 0 Å². The van der Waals surface area contributed by atoms with E-state index in [4.69, 9.17) is 16.9 Å². The van der Waals surface area contributed by atoms with Gasteiger partial charge in [-0.1, -0.05) is 6.58 Å². The number of hydrogen-bond acceptors (Lipinski definition) is 5. The predicted octanol–water partition coefficient (Wildman–Crippen LogP) is 2.38. The molecule has 0 spiro atoms.